The number of ether oxygens (including phenoxy) is 1. The molecule has 0 aliphatic carbocycles. The SMILES string of the molecule is CCCc1ccc(OCC(=O)N2CCCc3ccccc32)c(Br)c1. The van der Waals surface area contributed by atoms with E-state index in [2.05, 4.69) is 41.1 Å². The van der Waals surface area contributed by atoms with Gasteiger partial charge in [-0.3, -0.25) is 4.79 Å². The first-order chi connectivity index (χ1) is 11.7. The standard InChI is InChI=1S/C20H22BrNO2/c1-2-6-15-10-11-19(17(21)13-15)24-14-20(23)22-12-5-8-16-7-3-4-9-18(16)22/h3-4,7,9-11,13H,2,5-6,8,12,14H2,1H3. The van der Waals surface area contributed by atoms with Gasteiger partial charge in [0.25, 0.3) is 5.91 Å². The predicted octanol–water partition coefficient (Wildman–Crippen LogP) is 4.76. The summed E-state index contributed by atoms with van der Waals surface area (Å²) < 4.78 is 6.66. The highest BCUT2D eigenvalue weighted by atomic mass is 79.9. The summed E-state index contributed by atoms with van der Waals surface area (Å²) in [4.78, 5) is 14.4. The van der Waals surface area contributed by atoms with Gasteiger partial charge in [-0.25, -0.2) is 0 Å². The summed E-state index contributed by atoms with van der Waals surface area (Å²) in [5, 5.41) is 0. The first-order valence-corrected chi connectivity index (χ1v) is 9.28. The van der Waals surface area contributed by atoms with Gasteiger partial charge in [0, 0.05) is 12.2 Å². The maximum Gasteiger partial charge on any atom is 0.264 e. The molecule has 1 heterocycles. The lowest BCUT2D eigenvalue weighted by Crippen LogP contribution is -2.38. The molecule has 0 saturated heterocycles. The van der Waals surface area contributed by atoms with Crippen molar-refractivity contribution >= 4 is 27.5 Å². The third kappa shape index (κ3) is 3.81. The number of halogens is 1. The number of fused-ring (bicyclic) bond motifs is 1. The Balaban J connectivity index is 1.66. The van der Waals surface area contributed by atoms with Gasteiger partial charge in [0.15, 0.2) is 6.61 Å². The van der Waals surface area contributed by atoms with Crippen molar-refractivity contribution in [1.29, 1.82) is 0 Å². The average Bonchev–Trinajstić information content (AvgIpc) is 2.60. The minimum Gasteiger partial charge on any atom is -0.483 e. The van der Waals surface area contributed by atoms with Crippen LogP contribution in [-0.2, 0) is 17.6 Å². The number of hydrogen-bond donors (Lipinski definition) is 0. The van der Waals surface area contributed by atoms with E-state index in [1.54, 1.807) is 0 Å². The number of anilines is 1. The average molecular weight is 388 g/mol. The Morgan fingerprint density at radius 2 is 2.08 bits per heavy atom. The fraction of sp³-hybridized carbons (Fsp3) is 0.350. The summed E-state index contributed by atoms with van der Waals surface area (Å²) in [5.41, 5.74) is 3.53. The molecule has 1 aliphatic heterocycles. The van der Waals surface area contributed by atoms with Gasteiger partial charge in [-0.2, -0.15) is 0 Å². The van der Waals surface area contributed by atoms with E-state index in [-0.39, 0.29) is 12.5 Å². The van der Waals surface area contributed by atoms with E-state index < -0.39 is 0 Å². The van der Waals surface area contributed by atoms with Gasteiger partial charge in [0.05, 0.1) is 4.47 Å². The fourth-order valence-corrected chi connectivity index (χ4v) is 3.66. The van der Waals surface area contributed by atoms with Crippen LogP contribution in [0.2, 0.25) is 0 Å². The van der Waals surface area contributed by atoms with Crippen LogP contribution in [0.25, 0.3) is 0 Å². The van der Waals surface area contributed by atoms with E-state index in [0.717, 1.165) is 42.4 Å². The molecule has 126 valence electrons. The zero-order valence-electron chi connectivity index (χ0n) is 13.9. The second-order valence-corrected chi connectivity index (χ2v) is 6.94. The number of para-hydroxylation sites is 1. The molecule has 0 N–H and O–H groups in total. The predicted molar refractivity (Wildman–Crippen MR) is 101 cm³/mol. The van der Waals surface area contributed by atoms with Crippen molar-refractivity contribution in [2.24, 2.45) is 0 Å². The summed E-state index contributed by atoms with van der Waals surface area (Å²) in [7, 11) is 0. The summed E-state index contributed by atoms with van der Waals surface area (Å²) in [6, 6.07) is 14.2. The van der Waals surface area contributed by atoms with E-state index in [9.17, 15) is 4.79 Å². The highest BCUT2D eigenvalue weighted by Gasteiger charge is 2.22. The molecule has 0 radical (unpaired) electrons. The second kappa shape index (κ2) is 7.84. The number of benzene rings is 2. The Hall–Kier alpha value is -1.81. The summed E-state index contributed by atoms with van der Waals surface area (Å²) in [5.74, 6) is 0.722. The van der Waals surface area contributed by atoms with Crippen molar-refractivity contribution in [3.05, 3.63) is 58.1 Å². The Morgan fingerprint density at radius 1 is 1.25 bits per heavy atom. The molecule has 0 spiro atoms. The Kier molecular flexibility index (Phi) is 5.56. The molecule has 3 nitrogen and oxygen atoms in total. The number of nitrogens with zero attached hydrogens (tertiary/aromatic N) is 1. The molecular formula is C20H22BrNO2. The third-order valence-electron chi connectivity index (χ3n) is 4.30. The lowest BCUT2D eigenvalue weighted by molar-refractivity contribution is -0.120. The van der Waals surface area contributed by atoms with Crippen molar-refractivity contribution in [2.75, 3.05) is 18.1 Å². The minimum absolute atomic E-state index is 0.00619. The van der Waals surface area contributed by atoms with Gasteiger partial charge in [-0.15, -0.1) is 0 Å². The van der Waals surface area contributed by atoms with Gasteiger partial charge in [-0.05, 0) is 64.5 Å². The fourth-order valence-electron chi connectivity index (χ4n) is 3.12. The van der Waals surface area contributed by atoms with Gasteiger partial charge in [-0.1, -0.05) is 37.6 Å². The molecule has 0 saturated carbocycles. The van der Waals surface area contributed by atoms with Crippen molar-refractivity contribution in [1.82, 2.24) is 0 Å². The largest absolute Gasteiger partial charge is 0.483 e. The molecule has 0 atom stereocenters. The molecule has 4 heteroatoms. The lowest BCUT2D eigenvalue weighted by Gasteiger charge is -2.29. The van der Waals surface area contributed by atoms with Crippen LogP contribution in [0.3, 0.4) is 0 Å². The Morgan fingerprint density at radius 3 is 2.88 bits per heavy atom. The maximum atomic E-state index is 12.6. The van der Waals surface area contributed by atoms with Crippen molar-refractivity contribution in [3.63, 3.8) is 0 Å². The molecule has 3 rings (SSSR count). The normalized spacial score (nSPS) is 13.5. The van der Waals surface area contributed by atoms with Gasteiger partial charge < -0.3 is 9.64 Å². The molecule has 0 aromatic heterocycles. The highest BCUT2D eigenvalue weighted by Crippen LogP contribution is 2.28. The molecule has 0 unspecified atom stereocenters. The molecular weight excluding hydrogens is 366 g/mol. The molecule has 0 fully saturated rings. The van der Waals surface area contributed by atoms with Crippen molar-refractivity contribution in [3.8, 4) is 5.75 Å². The van der Waals surface area contributed by atoms with Gasteiger partial charge >= 0.3 is 0 Å². The van der Waals surface area contributed by atoms with E-state index in [1.165, 1.54) is 11.1 Å². The van der Waals surface area contributed by atoms with Crippen LogP contribution < -0.4 is 9.64 Å². The highest BCUT2D eigenvalue weighted by molar-refractivity contribution is 9.10. The summed E-state index contributed by atoms with van der Waals surface area (Å²) >= 11 is 3.54. The number of rotatable bonds is 5. The first kappa shape index (κ1) is 17.0. The van der Waals surface area contributed by atoms with E-state index in [4.69, 9.17) is 4.74 Å². The van der Waals surface area contributed by atoms with Crippen molar-refractivity contribution < 1.29 is 9.53 Å². The molecule has 2 aromatic rings. The summed E-state index contributed by atoms with van der Waals surface area (Å²) in [6.07, 6.45) is 4.19. The van der Waals surface area contributed by atoms with Crippen LogP contribution in [-0.4, -0.2) is 19.1 Å². The number of aryl methyl sites for hydroxylation is 2. The molecule has 2 aromatic carbocycles. The topological polar surface area (TPSA) is 29.5 Å². The lowest BCUT2D eigenvalue weighted by atomic mass is 10.0. The van der Waals surface area contributed by atoms with E-state index in [0.29, 0.717) is 5.75 Å². The Labute approximate surface area is 151 Å². The van der Waals surface area contributed by atoms with Crippen LogP contribution in [0.5, 0.6) is 5.75 Å². The minimum atomic E-state index is 0.00619. The maximum absolute atomic E-state index is 12.6. The first-order valence-electron chi connectivity index (χ1n) is 8.48. The van der Waals surface area contributed by atoms with Crippen LogP contribution >= 0.6 is 15.9 Å². The van der Waals surface area contributed by atoms with Crippen LogP contribution in [0, 0.1) is 0 Å². The van der Waals surface area contributed by atoms with Crippen LogP contribution in [0.15, 0.2) is 46.9 Å². The zero-order chi connectivity index (χ0) is 16.9. The number of carbonyl (C=O) groups excluding carboxylic acids is 1. The molecule has 1 aliphatic rings. The third-order valence-corrected chi connectivity index (χ3v) is 4.92. The number of amides is 1. The zero-order valence-corrected chi connectivity index (χ0v) is 15.5. The van der Waals surface area contributed by atoms with Crippen molar-refractivity contribution in [2.45, 2.75) is 32.6 Å². The van der Waals surface area contributed by atoms with Crippen LogP contribution in [0.1, 0.15) is 30.9 Å². The van der Waals surface area contributed by atoms with E-state index >= 15 is 0 Å². The smallest absolute Gasteiger partial charge is 0.264 e. The summed E-state index contributed by atoms with van der Waals surface area (Å²) in [6.45, 7) is 2.98. The van der Waals surface area contributed by atoms with Gasteiger partial charge in [0.2, 0.25) is 0 Å². The molecule has 1 amide bonds. The van der Waals surface area contributed by atoms with Gasteiger partial charge in [0.1, 0.15) is 5.75 Å². The van der Waals surface area contributed by atoms with Crippen LogP contribution in [0.4, 0.5) is 5.69 Å². The molecule has 0 bridgehead atoms. The van der Waals surface area contributed by atoms with E-state index in [1.807, 2.05) is 29.2 Å². The molecule has 24 heavy (non-hydrogen) atoms. The Bertz CT molecular complexity index is 729. The number of hydrogen-bond acceptors (Lipinski definition) is 2. The second-order valence-electron chi connectivity index (χ2n) is 6.08. The quantitative estimate of drug-likeness (QED) is 0.739. The number of carbonyl (C=O) groups is 1. The monoisotopic (exact) mass is 387 g/mol.